The predicted octanol–water partition coefficient (Wildman–Crippen LogP) is 0.675. The molecule has 0 unspecified atom stereocenters. The first-order valence-electron chi connectivity index (χ1n) is 6.07. The van der Waals surface area contributed by atoms with Crippen molar-refractivity contribution >= 4 is 0 Å². The van der Waals surface area contributed by atoms with Gasteiger partial charge in [0.05, 0.1) is 18.6 Å². The monoisotopic (exact) mass is 225 g/mol. The summed E-state index contributed by atoms with van der Waals surface area (Å²) >= 11 is 0. The smallest absolute Gasteiger partial charge is 0.0639 e. The largest absolute Gasteiger partial charge is 0.392 e. The van der Waals surface area contributed by atoms with Gasteiger partial charge in [-0.2, -0.15) is 5.26 Å². The second-order valence-electron chi connectivity index (χ2n) is 4.90. The van der Waals surface area contributed by atoms with Crippen LogP contribution in [0.25, 0.3) is 0 Å². The Morgan fingerprint density at radius 3 is 2.62 bits per heavy atom. The summed E-state index contributed by atoms with van der Waals surface area (Å²) in [6, 6.07) is 3.04. The maximum Gasteiger partial charge on any atom is 0.0639 e. The minimum Gasteiger partial charge on any atom is -0.392 e. The molecule has 0 amide bonds. The molecule has 16 heavy (non-hydrogen) atoms. The van der Waals surface area contributed by atoms with Gasteiger partial charge in [-0.1, -0.05) is 0 Å². The van der Waals surface area contributed by atoms with Crippen LogP contribution in [0.1, 0.15) is 27.2 Å². The molecule has 0 spiro atoms. The predicted molar refractivity (Wildman–Crippen MR) is 64.0 cm³/mol. The number of aliphatic hydroxyl groups excluding tert-OH is 1. The van der Waals surface area contributed by atoms with Crippen molar-refractivity contribution in [2.75, 3.05) is 26.2 Å². The topological polar surface area (TPSA) is 50.5 Å². The highest BCUT2D eigenvalue weighted by atomic mass is 16.3. The third kappa shape index (κ3) is 3.75. The number of hydrogen-bond donors (Lipinski definition) is 1. The van der Waals surface area contributed by atoms with Crippen LogP contribution in [0.15, 0.2) is 0 Å². The van der Waals surface area contributed by atoms with Crippen LogP contribution in [0.5, 0.6) is 0 Å². The summed E-state index contributed by atoms with van der Waals surface area (Å²) in [5, 5.41) is 18.1. The highest BCUT2D eigenvalue weighted by Gasteiger charge is 2.26. The summed E-state index contributed by atoms with van der Waals surface area (Å²) in [6.07, 6.45) is 0.342. The van der Waals surface area contributed by atoms with E-state index in [1.54, 1.807) is 0 Å². The number of hydrogen-bond acceptors (Lipinski definition) is 4. The number of aliphatic hydroxyl groups is 1. The van der Waals surface area contributed by atoms with E-state index in [2.05, 4.69) is 29.7 Å². The van der Waals surface area contributed by atoms with E-state index >= 15 is 0 Å². The fourth-order valence-corrected chi connectivity index (χ4v) is 2.30. The molecule has 0 aromatic carbocycles. The third-order valence-corrected chi connectivity index (χ3v) is 3.31. The Labute approximate surface area is 98.5 Å². The summed E-state index contributed by atoms with van der Waals surface area (Å²) < 4.78 is 0. The van der Waals surface area contributed by atoms with Crippen molar-refractivity contribution in [2.24, 2.45) is 0 Å². The molecule has 0 radical (unpaired) electrons. The first-order valence-corrected chi connectivity index (χ1v) is 6.07. The van der Waals surface area contributed by atoms with Gasteiger partial charge in [-0.3, -0.25) is 9.80 Å². The van der Waals surface area contributed by atoms with Gasteiger partial charge in [0.1, 0.15) is 0 Å². The molecule has 4 nitrogen and oxygen atoms in total. The summed E-state index contributed by atoms with van der Waals surface area (Å²) in [6.45, 7) is 9.87. The first-order chi connectivity index (χ1) is 7.54. The molecule has 4 heteroatoms. The zero-order chi connectivity index (χ0) is 12.1. The summed E-state index contributed by atoms with van der Waals surface area (Å²) in [4.78, 5) is 4.69. The van der Waals surface area contributed by atoms with Crippen LogP contribution in [-0.2, 0) is 0 Å². The molecular weight excluding hydrogens is 202 g/mol. The molecule has 92 valence electrons. The van der Waals surface area contributed by atoms with Gasteiger partial charge >= 0.3 is 0 Å². The molecule has 1 aliphatic heterocycles. The average molecular weight is 225 g/mol. The van der Waals surface area contributed by atoms with E-state index in [1.165, 1.54) is 0 Å². The fourth-order valence-electron chi connectivity index (χ4n) is 2.30. The number of piperazine rings is 1. The minimum atomic E-state index is -0.259. The molecule has 1 fully saturated rings. The highest BCUT2D eigenvalue weighted by molar-refractivity contribution is 4.86. The quantitative estimate of drug-likeness (QED) is 0.764. The van der Waals surface area contributed by atoms with Crippen LogP contribution in [-0.4, -0.2) is 59.3 Å². The Morgan fingerprint density at radius 1 is 1.44 bits per heavy atom. The molecule has 1 heterocycles. The molecule has 0 aromatic heterocycles. The Bertz CT molecular complexity index is 249. The van der Waals surface area contributed by atoms with Crippen molar-refractivity contribution in [2.45, 2.75) is 45.4 Å². The third-order valence-electron chi connectivity index (χ3n) is 3.31. The Hall–Kier alpha value is -0.630. The zero-order valence-electron chi connectivity index (χ0n) is 10.6. The van der Waals surface area contributed by atoms with E-state index in [1.807, 2.05) is 6.92 Å². The molecule has 1 saturated heterocycles. The van der Waals surface area contributed by atoms with Crippen LogP contribution < -0.4 is 0 Å². The zero-order valence-corrected chi connectivity index (χ0v) is 10.6. The molecule has 0 bridgehead atoms. The molecule has 1 N–H and O–H groups in total. The molecule has 1 rings (SSSR count). The second-order valence-corrected chi connectivity index (χ2v) is 4.90. The Morgan fingerprint density at radius 2 is 2.12 bits per heavy atom. The van der Waals surface area contributed by atoms with Crippen molar-refractivity contribution in [1.82, 2.24) is 9.80 Å². The highest BCUT2D eigenvalue weighted by Crippen LogP contribution is 2.14. The number of nitrogens with zero attached hydrogens (tertiary/aromatic N) is 3. The molecular formula is C12H23N3O. The maximum absolute atomic E-state index is 9.38. The van der Waals surface area contributed by atoms with Gasteiger partial charge in [-0.05, 0) is 20.8 Å². The lowest BCUT2D eigenvalue weighted by Crippen LogP contribution is -2.55. The van der Waals surface area contributed by atoms with Crippen molar-refractivity contribution in [3.8, 4) is 6.07 Å². The van der Waals surface area contributed by atoms with Gasteiger partial charge in [0, 0.05) is 38.3 Å². The van der Waals surface area contributed by atoms with E-state index in [0.717, 1.165) is 26.2 Å². The van der Waals surface area contributed by atoms with E-state index in [4.69, 9.17) is 5.26 Å². The van der Waals surface area contributed by atoms with E-state index in [9.17, 15) is 5.11 Å². The molecule has 1 aliphatic rings. The lowest BCUT2D eigenvalue weighted by atomic mass is 10.1. The number of rotatable bonds is 4. The number of nitriles is 1. The maximum atomic E-state index is 9.38. The first kappa shape index (κ1) is 13.4. The van der Waals surface area contributed by atoms with Crippen LogP contribution in [0, 0.1) is 11.3 Å². The van der Waals surface area contributed by atoms with Crippen molar-refractivity contribution in [1.29, 1.82) is 5.26 Å². The van der Waals surface area contributed by atoms with Crippen LogP contribution >= 0.6 is 0 Å². The molecule has 3 atom stereocenters. The van der Waals surface area contributed by atoms with Gasteiger partial charge in [0.2, 0.25) is 0 Å². The SMILES string of the molecule is C[C@H](O)CN1CCN([C@H](C)CC#N)C[C@H]1C. The van der Waals surface area contributed by atoms with Gasteiger partial charge in [0.15, 0.2) is 0 Å². The normalized spacial score (nSPS) is 27.3. The van der Waals surface area contributed by atoms with Crippen molar-refractivity contribution < 1.29 is 5.11 Å². The van der Waals surface area contributed by atoms with Crippen LogP contribution in [0.3, 0.4) is 0 Å². The van der Waals surface area contributed by atoms with Gasteiger partial charge in [0.25, 0.3) is 0 Å². The van der Waals surface area contributed by atoms with Gasteiger partial charge in [-0.25, -0.2) is 0 Å². The van der Waals surface area contributed by atoms with Crippen LogP contribution in [0.2, 0.25) is 0 Å². The fraction of sp³-hybridized carbons (Fsp3) is 0.917. The average Bonchev–Trinajstić information content (AvgIpc) is 2.20. The van der Waals surface area contributed by atoms with Crippen molar-refractivity contribution in [3.05, 3.63) is 0 Å². The minimum absolute atomic E-state index is 0.259. The molecule has 0 aromatic rings. The molecule has 0 aliphatic carbocycles. The summed E-state index contributed by atoms with van der Waals surface area (Å²) in [5.41, 5.74) is 0. The van der Waals surface area contributed by atoms with Gasteiger partial charge in [-0.15, -0.1) is 0 Å². The van der Waals surface area contributed by atoms with Gasteiger partial charge < -0.3 is 5.11 Å². The summed E-state index contributed by atoms with van der Waals surface area (Å²) in [7, 11) is 0. The summed E-state index contributed by atoms with van der Waals surface area (Å²) in [5.74, 6) is 0. The second kappa shape index (κ2) is 6.19. The Kier molecular flexibility index (Phi) is 5.20. The van der Waals surface area contributed by atoms with E-state index in [-0.39, 0.29) is 6.10 Å². The van der Waals surface area contributed by atoms with E-state index < -0.39 is 0 Å². The van der Waals surface area contributed by atoms with Crippen LogP contribution in [0.4, 0.5) is 0 Å². The standard InChI is InChI=1S/C12H23N3O/c1-10(4-5-13)14-6-7-15(9-12(3)16)11(2)8-14/h10-12,16H,4,6-9H2,1-3H3/t10-,11-,12+/m1/s1. The lowest BCUT2D eigenvalue weighted by Gasteiger charge is -2.42. The Balaban J connectivity index is 2.42. The van der Waals surface area contributed by atoms with E-state index in [0.29, 0.717) is 18.5 Å². The number of β-amino-alcohol motifs (C(OH)–C–C–N with tert-alkyl or cyclic N) is 1. The lowest BCUT2D eigenvalue weighted by molar-refractivity contribution is 0.0315. The van der Waals surface area contributed by atoms with Crippen molar-refractivity contribution in [3.63, 3.8) is 0 Å². The molecule has 0 saturated carbocycles.